The summed E-state index contributed by atoms with van der Waals surface area (Å²) in [5.41, 5.74) is 1.76. The Kier molecular flexibility index (Phi) is 5.10. The number of imide groups is 1. The molecule has 0 unspecified atom stereocenters. The maximum absolute atomic E-state index is 13.2. The summed E-state index contributed by atoms with van der Waals surface area (Å²) >= 11 is 25.0. The number of nitrogens with zero attached hydrogens (tertiary/aromatic N) is 1. The van der Waals surface area contributed by atoms with Crippen molar-refractivity contribution >= 4 is 86.5 Å². The van der Waals surface area contributed by atoms with E-state index in [1.165, 1.54) is 11.0 Å². The van der Waals surface area contributed by atoms with Crippen LogP contribution in [0.4, 0.5) is 10.5 Å². The van der Waals surface area contributed by atoms with Crippen LogP contribution in [-0.2, 0) is 16.1 Å². The highest BCUT2D eigenvalue weighted by Crippen LogP contribution is 2.46. The van der Waals surface area contributed by atoms with E-state index in [1.54, 1.807) is 24.3 Å². The molecule has 0 aliphatic carbocycles. The molecule has 2 aromatic carbocycles. The van der Waals surface area contributed by atoms with Crippen molar-refractivity contribution in [2.75, 3.05) is 4.90 Å². The molecule has 2 aromatic rings. The fourth-order valence-corrected chi connectivity index (χ4v) is 4.41. The molecule has 10 heteroatoms. The molecule has 2 aliphatic heterocycles. The number of carbonyl (C=O) groups is 3. The lowest BCUT2D eigenvalue weighted by Gasteiger charge is -2.18. The molecule has 3 amide bonds. The zero-order valence-corrected chi connectivity index (χ0v) is 17.5. The first-order chi connectivity index (χ1) is 13.3. The zero-order chi connectivity index (χ0) is 20.2. The summed E-state index contributed by atoms with van der Waals surface area (Å²) in [7, 11) is 0. The van der Waals surface area contributed by atoms with Gasteiger partial charge >= 0.3 is 0 Å². The SMILES string of the molecule is O=C1NC(=O)/C(=C2/C(=O)N(Cc3ccc(Cl)c(Cl)c3)c3cc(Cl)c(Cl)cc32)S1. The van der Waals surface area contributed by atoms with Crippen LogP contribution in [0.25, 0.3) is 5.57 Å². The van der Waals surface area contributed by atoms with Gasteiger partial charge in [0.05, 0.1) is 42.8 Å². The molecule has 1 fully saturated rings. The van der Waals surface area contributed by atoms with Gasteiger partial charge in [0, 0.05) is 5.56 Å². The third-order valence-electron chi connectivity index (χ3n) is 4.23. The van der Waals surface area contributed by atoms with E-state index in [0.717, 1.165) is 5.56 Å². The molecule has 0 bridgehead atoms. The fourth-order valence-electron chi connectivity index (χ4n) is 3.00. The maximum atomic E-state index is 13.2. The molecule has 1 N–H and O–H groups in total. The Morgan fingerprint density at radius 2 is 1.57 bits per heavy atom. The Morgan fingerprint density at radius 1 is 0.893 bits per heavy atom. The summed E-state index contributed by atoms with van der Waals surface area (Å²) < 4.78 is 0. The number of hydrogen-bond donors (Lipinski definition) is 1. The summed E-state index contributed by atoms with van der Waals surface area (Å²) in [6, 6.07) is 8.10. The molecule has 0 aromatic heterocycles. The highest BCUT2D eigenvalue weighted by atomic mass is 35.5. The van der Waals surface area contributed by atoms with E-state index in [9.17, 15) is 14.4 Å². The van der Waals surface area contributed by atoms with Gasteiger partial charge in [-0.2, -0.15) is 0 Å². The van der Waals surface area contributed by atoms with Crippen molar-refractivity contribution in [1.29, 1.82) is 0 Å². The van der Waals surface area contributed by atoms with Gasteiger partial charge in [0.2, 0.25) is 0 Å². The number of hydrogen-bond acceptors (Lipinski definition) is 4. The topological polar surface area (TPSA) is 66.5 Å². The van der Waals surface area contributed by atoms with Crippen molar-refractivity contribution in [2.45, 2.75) is 6.54 Å². The molecular weight excluding hydrogens is 466 g/mol. The molecule has 0 atom stereocenters. The minimum absolute atomic E-state index is 0.0336. The zero-order valence-electron chi connectivity index (χ0n) is 13.7. The molecular formula is C18H8Cl4N2O3S. The molecule has 1 saturated heterocycles. The van der Waals surface area contributed by atoms with Gasteiger partial charge in [0.25, 0.3) is 17.1 Å². The standard InChI is InChI=1S/C18H8Cl4N2O3S/c19-9-2-1-7(3-10(9)20)6-24-13-5-12(22)11(21)4-8(13)14(17(24)26)15-16(25)23-18(27)28-15/h1-5H,6H2,(H,23,25,27)/b15-14-. The molecule has 2 aliphatic rings. The summed E-state index contributed by atoms with van der Waals surface area (Å²) in [6.45, 7) is 0.164. The van der Waals surface area contributed by atoms with Crippen LogP contribution in [0.3, 0.4) is 0 Å². The van der Waals surface area contributed by atoms with E-state index < -0.39 is 17.1 Å². The van der Waals surface area contributed by atoms with Crippen LogP contribution in [0.5, 0.6) is 0 Å². The van der Waals surface area contributed by atoms with Crippen molar-refractivity contribution in [1.82, 2.24) is 5.32 Å². The third kappa shape index (κ3) is 3.29. The Bertz CT molecular complexity index is 1120. The van der Waals surface area contributed by atoms with Gasteiger partial charge in [0.1, 0.15) is 0 Å². The monoisotopic (exact) mass is 472 g/mol. The van der Waals surface area contributed by atoms with E-state index in [1.807, 2.05) is 0 Å². The Balaban J connectivity index is 1.85. The minimum atomic E-state index is -0.619. The van der Waals surface area contributed by atoms with Crippen LogP contribution in [-0.4, -0.2) is 17.1 Å². The summed E-state index contributed by atoms with van der Waals surface area (Å²) in [5.74, 6) is -1.06. The van der Waals surface area contributed by atoms with E-state index in [4.69, 9.17) is 46.4 Å². The smallest absolute Gasteiger partial charge is 0.290 e. The van der Waals surface area contributed by atoms with Crippen LogP contribution >= 0.6 is 58.2 Å². The number of carbonyl (C=O) groups excluding carboxylic acids is 3. The number of anilines is 1. The number of fused-ring (bicyclic) bond motifs is 1. The fraction of sp³-hybridized carbons (Fsp3) is 0.0556. The quantitative estimate of drug-likeness (QED) is 0.581. The van der Waals surface area contributed by atoms with Crippen LogP contribution in [0.15, 0.2) is 35.2 Å². The normalized spacial score (nSPS) is 18.7. The van der Waals surface area contributed by atoms with Gasteiger partial charge in [-0.15, -0.1) is 0 Å². The minimum Gasteiger partial charge on any atom is -0.303 e. The molecule has 28 heavy (non-hydrogen) atoms. The molecule has 4 rings (SSSR count). The number of nitrogens with one attached hydrogen (secondary N) is 1. The number of amides is 3. The predicted molar refractivity (Wildman–Crippen MR) is 112 cm³/mol. The van der Waals surface area contributed by atoms with Crippen molar-refractivity contribution in [2.24, 2.45) is 0 Å². The molecule has 2 heterocycles. The van der Waals surface area contributed by atoms with E-state index in [-0.39, 0.29) is 27.1 Å². The summed E-state index contributed by atoms with van der Waals surface area (Å²) in [5, 5.41) is 2.88. The number of thioether (sulfide) groups is 1. The van der Waals surface area contributed by atoms with Crippen LogP contribution in [0.2, 0.25) is 20.1 Å². The molecule has 0 spiro atoms. The maximum Gasteiger partial charge on any atom is 0.290 e. The van der Waals surface area contributed by atoms with Gasteiger partial charge in [-0.05, 0) is 41.6 Å². The van der Waals surface area contributed by atoms with Crippen molar-refractivity contribution in [3.63, 3.8) is 0 Å². The van der Waals surface area contributed by atoms with Gasteiger partial charge in [-0.1, -0.05) is 52.5 Å². The van der Waals surface area contributed by atoms with E-state index in [0.29, 0.717) is 33.1 Å². The van der Waals surface area contributed by atoms with E-state index >= 15 is 0 Å². The summed E-state index contributed by atoms with van der Waals surface area (Å²) in [6.07, 6.45) is 0. The molecule has 142 valence electrons. The largest absolute Gasteiger partial charge is 0.303 e. The first-order valence-electron chi connectivity index (χ1n) is 7.79. The average molecular weight is 474 g/mol. The highest BCUT2D eigenvalue weighted by molar-refractivity contribution is 8.18. The molecule has 5 nitrogen and oxygen atoms in total. The van der Waals surface area contributed by atoms with Gasteiger partial charge in [-0.25, -0.2) is 0 Å². The lowest BCUT2D eigenvalue weighted by molar-refractivity contribution is -0.116. The first kappa shape index (κ1) is 19.6. The van der Waals surface area contributed by atoms with Crippen LogP contribution in [0, 0.1) is 0 Å². The van der Waals surface area contributed by atoms with Gasteiger partial charge < -0.3 is 4.90 Å². The van der Waals surface area contributed by atoms with Crippen molar-refractivity contribution in [3.8, 4) is 0 Å². The number of benzene rings is 2. The predicted octanol–water partition coefficient (Wildman–Crippen LogP) is 5.54. The third-order valence-corrected chi connectivity index (χ3v) is 6.57. The van der Waals surface area contributed by atoms with Crippen LogP contribution < -0.4 is 10.2 Å². The molecule has 0 saturated carbocycles. The summed E-state index contributed by atoms with van der Waals surface area (Å²) in [4.78, 5) is 38.4. The van der Waals surface area contributed by atoms with E-state index in [2.05, 4.69) is 5.32 Å². The number of rotatable bonds is 2. The Hall–Kier alpha value is -1.70. The van der Waals surface area contributed by atoms with Crippen molar-refractivity contribution < 1.29 is 14.4 Å². The average Bonchev–Trinajstić information content (AvgIpc) is 3.08. The second-order valence-corrected chi connectivity index (χ2v) is 8.58. The highest BCUT2D eigenvalue weighted by Gasteiger charge is 2.40. The lowest BCUT2D eigenvalue weighted by Crippen LogP contribution is -2.26. The van der Waals surface area contributed by atoms with Gasteiger partial charge in [0.15, 0.2) is 0 Å². The Morgan fingerprint density at radius 3 is 2.21 bits per heavy atom. The van der Waals surface area contributed by atoms with Crippen molar-refractivity contribution in [3.05, 3.63) is 66.5 Å². The first-order valence-corrected chi connectivity index (χ1v) is 10.1. The van der Waals surface area contributed by atoms with Crippen LogP contribution in [0.1, 0.15) is 11.1 Å². The number of halogens is 4. The van der Waals surface area contributed by atoms with Gasteiger partial charge in [-0.3, -0.25) is 19.7 Å². The Labute approximate surface area is 183 Å². The lowest BCUT2D eigenvalue weighted by atomic mass is 10.1. The molecule has 0 radical (unpaired) electrons. The second-order valence-electron chi connectivity index (χ2n) is 5.97. The second kappa shape index (κ2) is 7.28.